The number of anilines is 1. The number of carbonyl (C=O) groups excluding carboxylic acids is 2. The third-order valence-corrected chi connectivity index (χ3v) is 7.51. The lowest BCUT2D eigenvalue weighted by Crippen LogP contribution is -2.27. The summed E-state index contributed by atoms with van der Waals surface area (Å²) < 4.78 is 28.4. The molecular formula is C19H24N4O4S2. The van der Waals surface area contributed by atoms with E-state index in [0.29, 0.717) is 18.8 Å². The summed E-state index contributed by atoms with van der Waals surface area (Å²) in [5.74, 6) is -0.403. The molecule has 0 aliphatic carbocycles. The molecule has 0 bridgehead atoms. The van der Waals surface area contributed by atoms with Gasteiger partial charge >= 0.3 is 0 Å². The number of sulfonamides is 1. The lowest BCUT2D eigenvalue weighted by Gasteiger charge is -2.13. The van der Waals surface area contributed by atoms with Gasteiger partial charge in [0.05, 0.1) is 0 Å². The van der Waals surface area contributed by atoms with Gasteiger partial charge in [-0.05, 0) is 54.9 Å². The van der Waals surface area contributed by atoms with Gasteiger partial charge < -0.3 is 14.8 Å². The fraction of sp³-hybridized carbons (Fsp3) is 0.368. The second kappa shape index (κ2) is 8.60. The fourth-order valence-corrected chi connectivity index (χ4v) is 5.22. The second-order valence-electron chi connectivity index (χ2n) is 7.02. The Morgan fingerprint density at radius 1 is 1.10 bits per heavy atom. The summed E-state index contributed by atoms with van der Waals surface area (Å²) in [6.45, 7) is 1.03. The number of nitrogens with one attached hydrogen (secondary N) is 1. The molecule has 1 aliphatic rings. The summed E-state index contributed by atoms with van der Waals surface area (Å²) >= 11 is 1.10. The van der Waals surface area contributed by atoms with Crippen molar-refractivity contribution in [2.24, 2.45) is 7.05 Å². The van der Waals surface area contributed by atoms with Crippen LogP contribution in [-0.2, 0) is 17.1 Å². The van der Waals surface area contributed by atoms with Crippen molar-refractivity contribution < 1.29 is 18.0 Å². The van der Waals surface area contributed by atoms with Crippen LogP contribution in [-0.4, -0.2) is 60.5 Å². The van der Waals surface area contributed by atoms with Crippen molar-refractivity contribution >= 4 is 38.6 Å². The molecular weight excluding hydrogens is 412 g/mol. The summed E-state index contributed by atoms with van der Waals surface area (Å²) in [6.07, 6.45) is 3.18. The van der Waals surface area contributed by atoms with Crippen LogP contribution in [0.3, 0.4) is 0 Å². The number of hydrogen-bond acceptors (Lipinski definition) is 5. The summed E-state index contributed by atoms with van der Waals surface area (Å²) in [5, 5.41) is 2.68. The third kappa shape index (κ3) is 4.82. The van der Waals surface area contributed by atoms with E-state index in [9.17, 15) is 18.0 Å². The van der Waals surface area contributed by atoms with Crippen LogP contribution in [0.1, 0.15) is 23.3 Å². The Balaban J connectivity index is 1.71. The van der Waals surface area contributed by atoms with E-state index in [-0.39, 0.29) is 15.8 Å². The Kier molecular flexibility index (Phi) is 6.35. The Morgan fingerprint density at radius 2 is 1.72 bits per heavy atom. The largest absolute Gasteiger partial charge is 0.345 e. The van der Waals surface area contributed by atoms with Gasteiger partial charge in [-0.3, -0.25) is 9.59 Å². The van der Waals surface area contributed by atoms with Crippen LogP contribution >= 0.6 is 11.8 Å². The zero-order chi connectivity index (χ0) is 21.2. The molecule has 2 heterocycles. The summed E-state index contributed by atoms with van der Waals surface area (Å²) in [6, 6.07) is 8.30. The minimum absolute atomic E-state index is 0.0858. The van der Waals surface area contributed by atoms with Gasteiger partial charge in [0.15, 0.2) is 0 Å². The van der Waals surface area contributed by atoms with Crippen molar-refractivity contribution in [3.05, 3.63) is 42.2 Å². The van der Waals surface area contributed by atoms with E-state index < -0.39 is 15.9 Å². The average Bonchev–Trinajstić information content (AvgIpc) is 3.33. The van der Waals surface area contributed by atoms with E-state index >= 15 is 0 Å². The molecule has 0 radical (unpaired) electrons. The Labute approximate surface area is 174 Å². The van der Waals surface area contributed by atoms with Crippen LogP contribution in [0.2, 0.25) is 0 Å². The van der Waals surface area contributed by atoms with Crippen LogP contribution in [0.5, 0.6) is 0 Å². The standard InChI is InChI=1S/C19H24N4O4S2/c1-21(2)19(25)28-15-8-6-14(7-9-15)20-18(24)17-12-16(13-22(17)3)29(26,27)23-10-4-5-11-23/h6-9,12-13H,4-5,10-11H2,1-3H3,(H,20,24). The maximum Gasteiger partial charge on any atom is 0.285 e. The maximum absolute atomic E-state index is 12.7. The highest BCUT2D eigenvalue weighted by Gasteiger charge is 2.29. The van der Waals surface area contributed by atoms with E-state index in [4.69, 9.17) is 0 Å². The first-order chi connectivity index (χ1) is 13.7. The Morgan fingerprint density at radius 3 is 2.31 bits per heavy atom. The van der Waals surface area contributed by atoms with Crippen molar-refractivity contribution in [2.45, 2.75) is 22.6 Å². The quantitative estimate of drug-likeness (QED) is 0.728. The molecule has 29 heavy (non-hydrogen) atoms. The van der Waals surface area contributed by atoms with Gasteiger partial charge in [0.25, 0.3) is 11.1 Å². The highest BCUT2D eigenvalue weighted by Crippen LogP contribution is 2.24. The normalized spacial score (nSPS) is 14.7. The van der Waals surface area contributed by atoms with Crippen LogP contribution < -0.4 is 5.32 Å². The molecule has 2 aromatic rings. The van der Waals surface area contributed by atoms with Crippen LogP contribution in [0, 0.1) is 0 Å². The predicted molar refractivity (Wildman–Crippen MR) is 113 cm³/mol. The van der Waals surface area contributed by atoms with Gasteiger partial charge in [0.2, 0.25) is 10.0 Å². The molecule has 2 amide bonds. The molecule has 10 heteroatoms. The van der Waals surface area contributed by atoms with Crippen LogP contribution in [0.25, 0.3) is 0 Å². The van der Waals surface area contributed by atoms with Crippen LogP contribution in [0.15, 0.2) is 46.3 Å². The number of carbonyl (C=O) groups is 2. The molecule has 1 N–H and O–H groups in total. The fourth-order valence-electron chi connectivity index (χ4n) is 2.97. The van der Waals surface area contributed by atoms with E-state index in [1.54, 1.807) is 45.4 Å². The molecule has 0 saturated carbocycles. The van der Waals surface area contributed by atoms with Crippen molar-refractivity contribution in [2.75, 3.05) is 32.5 Å². The van der Waals surface area contributed by atoms with Crippen molar-refractivity contribution in [3.63, 3.8) is 0 Å². The number of nitrogens with zero attached hydrogens (tertiary/aromatic N) is 3. The number of aryl methyl sites for hydroxylation is 1. The minimum atomic E-state index is -3.58. The van der Waals surface area contributed by atoms with Gasteiger partial charge in [-0.2, -0.15) is 4.31 Å². The topological polar surface area (TPSA) is 91.7 Å². The molecule has 1 aromatic heterocycles. The third-order valence-electron chi connectivity index (χ3n) is 4.60. The van der Waals surface area contributed by atoms with Crippen molar-refractivity contribution in [1.29, 1.82) is 0 Å². The van der Waals surface area contributed by atoms with Crippen molar-refractivity contribution in [3.8, 4) is 0 Å². The van der Waals surface area contributed by atoms with E-state index in [2.05, 4.69) is 5.32 Å². The zero-order valence-electron chi connectivity index (χ0n) is 16.6. The predicted octanol–water partition coefficient (Wildman–Crippen LogP) is 2.84. The highest BCUT2D eigenvalue weighted by atomic mass is 32.2. The minimum Gasteiger partial charge on any atom is -0.345 e. The van der Waals surface area contributed by atoms with E-state index in [1.807, 2.05) is 0 Å². The molecule has 0 atom stereocenters. The first kappa shape index (κ1) is 21.4. The lowest BCUT2D eigenvalue weighted by atomic mass is 10.3. The number of hydrogen-bond donors (Lipinski definition) is 1. The smallest absolute Gasteiger partial charge is 0.285 e. The molecule has 156 valence electrons. The monoisotopic (exact) mass is 436 g/mol. The molecule has 1 aliphatic heterocycles. The van der Waals surface area contributed by atoms with Crippen molar-refractivity contribution in [1.82, 2.24) is 13.8 Å². The molecule has 3 rings (SSSR count). The zero-order valence-corrected chi connectivity index (χ0v) is 18.2. The molecule has 1 aromatic carbocycles. The molecule has 8 nitrogen and oxygen atoms in total. The maximum atomic E-state index is 12.7. The number of aromatic nitrogens is 1. The highest BCUT2D eigenvalue weighted by molar-refractivity contribution is 8.13. The number of benzene rings is 1. The first-order valence-electron chi connectivity index (χ1n) is 9.15. The molecule has 1 fully saturated rings. The Bertz CT molecular complexity index is 1010. The SMILES string of the molecule is CN(C)C(=O)Sc1ccc(NC(=O)c2cc(S(=O)(=O)N3CCCC3)cn2C)cc1. The first-order valence-corrected chi connectivity index (χ1v) is 11.4. The molecule has 0 spiro atoms. The van der Waals surface area contributed by atoms with Gasteiger partial charge in [0, 0.05) is 51.0 Å². The average molecular weight is 437 g/mol. The second-order valence-corrected chi connectivity index (χ2v) is 9.99. The molecule has 0 unspecified atom stereocenters. The number of amides is 2. The summed E-state index contributed by atoms with van der Waals surface area (Å²) in [7, 11) is 1.43. The van der Waals surface area contributed by atoms with E-state index in [0.717, 1.165) is 29.5 Å². The van der Waals surface area contributed by atoms with Gasteiger partial charge in [-0.1, -0.05) is 0 Å². The summed E-state index contributed by atoms with van der Waals surface area (Å²) in [4.78, 5) is 26.8. The van der Waals surface area contributed by atoms with Gasteiger partial charge in [0.1, 0.15) is 10.6 Å². The van der Waals surface area contributed by atoms with Gasteiger partial charge in [-0.25, -0.2) is 8.42 Å². The number of thioether (sulfide) groups is 1. The Hall–Kier alpha value is -2.30. The lowest BCUT2D eigenvalue weighted by molar-refractivity contribution is 0.101. The molecule has 1 saturated heterocycles. The van der Waals surface area contributed by atoms with E-state index in [1.165, 1.54) is 26.0 Å². The van der Waals surface area contributed by atoms with Gasteiger partial charge in [-0.15, -0.1) is 0 Å². The van der Waals surface area contributed by atoms with Crippen LogP contribution in [0.4, 0.5) is 10.5 Å². The summed E-state index contributed by atoms with van der Waals surface area (Å²) in [5.41, 5.74) is 0.811. The number of rotatable bonds is 5.